The quantitative estimate of drug-likeness (QED) is 0.466. The van der Waals surface area contributed by atoms with Crippen molar-refractivity contribution in [1.29, 1.82) is 5.41 Å². The molecular formula is C5H6N2S2. The zero-order valence-electron chi connectivity index (χ0n) is 4.59. The van der Waals surface area contributed by atoms with Crippen molar-refractivity contribution < 1.29 is 0 Å². The Kier molecular flexibility index (Phi) is 1.87. The van der Waals surface area contributed by atoms with Crippen LogP contribution in [0.15, 0.2) is 21.4 Å². The van der Waals surface area contributed by atoms with E-state index in [-0.39, 0.29) is 0 Å². The Morgan fingerprint density at radius 2 is 2.44 bits per heavy atom. The average Bonchev–Trinajstić information content (AvgIpc) is 2.13. The fourth-order valence-electron chi connectivity index (χ4n) is 0.508. The largest absolute Gasteiger partial charge is 0.393 e. The summed E-state index contributed by atoms with van der Waals surface area (Å²) in [5, 5.41) is 9.49. The Morgan fingerprint density at radius 3 is 2.67 bits per heavy atom. The van der Waals surface area contributed by atoms with Gasteiger partial charge in [-0.05, 0) is 11.5 Å². The van der Waals surface area contributed by atoms with Gasteiger partial charge in [0.15, 0.2) is 0 Å². The third kappa shape index (κ3) is 1.31. The molecule has 0 unspecified atom stereocenters. The first-order chi connectivity index (χ1) is 4.22. The molecular weight excluding hydrogens is 152 g/mol. The maximum atomic E-state index is 7.24. The predicted octanol–water partition coefficient (Wildman–Crippen LogP) is 1.32. The lowest BCUT2D eigenvalue weighted by Gasteiger charge is -1.95. The summed E-state index contributed by atoms with van der Waals surface area (Å²) in [5.74, 6) is 0. The lowest BCUT2D eigenvalue weighted by molar-refractivity contribution is 1.50. The van der Waals surface area contributed by atoms with Crippen LogP contribution >= 0.6 is 24.4 Å². The number of allylic oxidation sites excluding steroid dienone is 2. The number of nitrogens with one attached hydrogen (secondary N) is 1. The van der Waals surface area contributed by atoms with Gasteiger partial charge in [0, 0.05) is 0 Å². The molecule has 3 N–H and O–H groups in total. The number of nitrogens with two attached hydrogens (primary N) is 1. The molecule has 0 atom stereocenters. The fourth-order valence-corrected chi connectivity index (χ4v) is 1.44. The Bertz CT molecular complexity index is 198. The normalized spacial score (nSPS) is 23.0. The Balaban J connectivity index is 2.90. The van der Waals surface area contributed by atoms with E-state index in [9.17, 15) is 0 Å². The molecule has 2 nitrogen and oxygen atoms in total. The second kappa shape index (κ2) is 2.49. The summed E-state index contributed by atoms with van der Waals surface area (Å²) in [6, 6.07) is 0. The summed E-state index contributed by atoms with van der Waals surface area (Å²) in [6.45, 7) is 0. The zero-order valence-corrected chi connectivity index (χ0v) is 6.30. The minimum Gasteiger partial charge on any atom is -0.393 e. The van der Waals surface area contributed by atoms with Crippen LogP contribution in [0.3, 0.4) is 0 Å². The van der Waals surface area contributed by atoms with E-state index in [0.717, 1.165) is 4.91 Å². The fraction of sp³-hybridized carbons (Fsp3) is 0. The van der Waals surface area contributed by atoms with Crippen LogP contribution in [0.25, 0.3) is 0 Å². The highest BCUT2D eigenvalue weighted by molar-refractivity contribution is 8.07. The standard InChI is InChI=1S/C5H6N2S2/c6-3-1-2-9-4(3)5(7)8/h1-2,6,8H,7H2/b5-4+,6-3?. The molecule has 0 aromatic heterocycles. The molecule has 1 aliphatic rings. The minimum atomic E-state index is 0.426. The van der Waals surface area contributed by atoms with Gasteiger partial charge in [-0.25, -0.2) is 0 Å². The monoisotopic (exact) mass is 158 g/mol. The summed E-state index contributed by atoms with van der Waals surface area (Å²) in [7, 11) is 0. The van der Waals surface area contributed by atoms with Crippen LogP contribution in [0.1, 0.15) is 0 Å². The third-order valence-electron chi connectivity index (χ3n) is 0.898. The Morgan fingerprint density at radius 1 is 1.78 bits per heavy atom. The van der Waals surface area contributed by atoms with Crippen molar-refractivity contribution >= 4 is 30.1 Å². The molecule has 9 heavy (non-hydrogen) atoms. The van der Waals surface area contributed by atoms with Crippen molar-refractivity contribution in [3.05, 3.63) is 21.4 Å². The molecule has 0 bridgehead atoms. The van der Waals surface area contributed by atoms with Gasteiger partial charge >= 0.3 is 0 Å². The number of thioether (sulfide) groups is 1. The van der Waals surface area contributed by atoms with E-state index < -0.39 is 0 Å². The summed E-state index contributed by atoms with van der Waals surface area (Å²) in [6.07, 6.45) is 1.70. The highest BCUT2D eigenvalue weighted by Gasteiger charge is 2.09. The second-order valence-electron chi connectivity index (χ2n) is 1.55. The van der Waals surface area contributed by atoms with E-state index in [4.69, 9.17) is 11.1 Å². The van der Waals surface area contributed by atoms with Crippen LogP contribution < -0.4 is 5.73 Å². The smallest absolute Gasteiger partial charge is 0.0788 e. The maximum absolute atomic E-state index is 7.24. The van der Waals surface area contributed by atoms with Gasteiger partial charge in [-0.1, -0.05) is 11.8 Å². The van der Waals surface area contributed by atoms with Crippen molar-refractivity contribution in [2.24, 2.45) is 5.73 Å². The van der Waals surface area contributed by atoms with Gasteiger partial charge in [0.1, 0.15) is 0 Å². The Hall–Kier alpha value is -0.350. The van der Waals surface area contributed by atoms with Gasteiger partial charge in [0.2, 0.25) is 0 Å². The number of thiol groups is 1. The van der Waals surface area contributed by atoms with Gasteiger partial charge in [0.05, 0.1) is 15.6 Å². The van der Waals surface area contributed by atoms with Crippen LogP contribution in [0.2, 0.25) is 0 Å². The molecule has 1 aliphatic heterocycles. The summed E-state index contributed by atoms with van der Waals surface area (Å²) < 4.78 is 0. The summed E-state index contributed by atoms with van der Waals surface area (Å²) in [5.41, 5.74) is 5.78. The van der Waals surface area contributed by atoms with Crippen molar-refractivity contribution in [2.75, 3.05) is 0 Å². The summed E-state index contributed by atoms with van der Waals surface area (Å²) >= 11 is 5.34. The van der Waals surface area contributed by atoms with E-state index >= 15 is 0 Å². The SMILES string of the molecule is N=C1C=CS/C1=C(\N)S. The molecule has 0 saturated heterocycles. The average molecular weight is 158 g/mol. The Labute approximate surface area is 63.1 Å². The molecule has 4 heteroatoms. The van der Waals surface area contributed by atoms with Gasteiger partial charge in [0.25, 0.3) is 0 Å². The summed E-state index contributed by atoms with van der Waals surface area (Å²) in [4.78, 5) is 0.748. The van der Waals surface area contributed by atoms with E-state index in [1.165, 1.54) is 11.8 Å². The predicted molar refractivity (Wildman–Crippen MR) is 44.7 cm³/mol. The number of rotatable bonds is 0. The molecule has 0 aliphatic carbocycles. The van der Waals surface area contributed by atoms with Crippen LogP contribution in [0, 0.1) is 5.41 Å². The van der Waals surface area contributed by atoms with Crippen molar-refractivity contribution in [2.45, 2.75) is 0 Å². The molecule has 0 spiro atoms. The van der Waals surface area contributed by atoms with E-state index in [1.54, 1.807) is 6.08 Å². The lowest BCUT2D eigenvalue weighted by Crippen LogP contribution is -1.97. The zero-order chi connectivity index (χ0) is 6.85. The first-order valence-corrected chi connectivity index (χ1v) is 3.65. The number of hydrogen-bond donors (Lipinski definition) is 3. The maximum Gasteiger partial charge on any atom is 0.0788 e. The van der Waals surface area contributed by atoms with Crippen molar-refractivity contribution in [3.8, 4) is 0 Å². The molecule has 0 aromatic carbocycles. The number of hydrogen-bond acceptors (Lipinski definition) is 4. The van der Waals surface area contributed by atoms with Gasteiger partial charge in [-0.3, -0.25) is 5.41 Å². The van der Waals surface area contributed by atoms with E-state index in [2.05, 4.69) is 12.6 Å². The van der Waals surface area contributed by atoms with Gasteiger partial charge < -0.3 is 5.73 Å². The molecule has 0 amide bonds. The molecule has 1 rings (SSSR count). The first-order valence-electron chi connectivity index (χ1n) is 2.32. The first kappa shape index (κ1) is 6.77. The van der Waals surface area contributed by atoms with Crippen LogP contribution in [0.5, 0.6) is 0 Å². The topological polar surface area (TPSA) is 49.9 Å². The molecule has 48 valence electrons. The van der Waals surface area contributed by atoms with Gasteiger partial charge in [-0.15, -0.1) is 12.6 Å². The second-order valence-corrected chi connectivity index (χ2v) is 2.95. The lowest BCUT2D eigenvalue weighted by atomic mass is 10.4. The minimum absolute atomic E-state index is 0.426. The third-order valence-corrected chi connectivity index (χ3v) is 2.22. The molecule has 0 fully saturated rings. The van der Waals surface area contributed by atoms with Gasteiger partial charge in [-0.2, -0.15) is 0 Å². The van der Waals surface area contributed by atoms with Crippen molar-refractivity contribution in [1.82, 2.24) is 0 Å². The molecule has 0 aromatic rings. The van der Waals surface area contributed by atoms with E-state index in [1.807, 2.05) is 5.41 Å². The van der Waals surface area contributed by atoms with E-state index in [0.29, 0.717) is 10.7 Å². The van der Waals surface area contributed by atoms with Crippen molar-refractivity contribution in [3.63, 3.8) is 0 Å². The molecule has 1 heterocycles. The van der Waals surface area contributed by atoms with Crippen LogP contribution in [-0.4, -0.2) is 5.71 Å². The highest BCUT2D eigenvalue weighted by atomic mass is 32.2. The molecule has 0 saturated carbocycles. The highest BCUT2D eigenvalue weighted by Crippen LogP contribution is 2.27. The van der Waals surface area contributed by atoms with Crippen LogP contribution in [0.4, 0.5) is 0 Å². The molecule has 0 radical (unpaired) electrons. The van der Waals surface area contributed by atoms with Crippen LogP contribution in [-0.2, 0) is 0 Å².